The maximum Gasteiger partial charge on any atom is 0.174 e. The quantitative estimate of drug-likeness (QED) is 0.229. The molecule has 0 bridgehead atoms. The molecule has 0 aliphatic carbocycles. The molecule has 0 spiro atoms. The van der Waals surface area contributed by atoms with Crippen molar-refractivity contribution in [3.63, 3.8) is 0 Å². The first-order valence-electron chi connectivity index (χ1n) is 13.4. The average molecular weight is 621 g/mol. The standard InChI is InChI=1S/C31H31BrClN5S/c1-20-16-21(2)19-36(18-20)27-13-12-24(17-25(27)33)38-30(29(35-31(38)39)26-6-3-4-14-34-26)28-7-5-15-37(28)23-10-8-22(32)9-11-23/h3-15,17,20-21,29-30H,16,18-19H2,1-2H3,(H,35,39)/t20-,21+,29-,30+/m1/s1. The number of halogens is 2. The van der Waals surface area contributed by atoms with Gasteiger partial charge in [0.05, 0.1) is 22.4 Å². The minimum absolute atomic E-state index is 0.134. The van der Waals surface area contributed by atoms with E-state index in [0.717, 1.165) is 51.0 Å². The van der Waals surface area contributed by atoms with Gasteiger partial charge in [0.15, 0.2) is 5.11 Å². The Labute approximate surface area is 248 Å². The van der Waals surface area contributed by atoms with E-state index >= 15 is 0 Å². The fourth-order valence-corrected chi connectivity index (χ4v) is 7.07. The number of aromatic nitrogens is 2. The van der Waals surface area contributed by atoms with E-state index in [-0.39, 0.29) is 12.1 Å². The van der Waals surface area contributed by atoms with Gasteiger partial charge in [-0.2, -0.15) is 0 Å². The van der Waals surface area contributed by atoms with E-state index in [4.69, 9.17) is 28.8 Å². The van der Waals surface area contributed by atoms with Gasteiger partial charge in [0, 0.05) is 47.0 Å². The van der Waals surface area contributed by atoms with Crippen molar-refractivity contribution in [3.05, 3.63) is 106 Å². The number of anilines is 2. The predicted octanol–water partition coefficient (Wildman–Crippen LogP) is 7.95. The third kappa shape index (κ3) is 5.20. The van der Waals surface area contributed by atoms with E-state index in [2.05, 4.69) is 116 Å². The molecular weight excluding hydrogens is 590 g/mol. The van der Waals surface area contributed by atoms with Crippen LogP contribution in [0.2, 0.25) is 5.02 Å². The molecule has 200 valence electrons. The second-order valence-electron chi connectivity index (χ2n) is 10.8. The van der Waals surface area contributed by atoms with Crippen molar-refractivity contribution >= 4 is 56.2 Å². The molecule has 0 radical (unpaired) electrons. The van der Waals surface area contributed by atoms with E-state index in [1.54, 1.807) is 0 Å². The van der Waals surface area contributed by atoms with Crippen molar-refractivity contribution in [1.82, 2.24) is 14.9 Å². The lowest BCUT2D eigenvalue weighted by Gasteiger charge is -2.37. The van der Waals surface area contributed by atoms with Crippen molar-refractivity contribution < 1.29 is 0 Å². The van der Waals surface area contributed by atoms with Crippen LogP contribution in [0, 0.1) is 11.8 Å². The van der Waals surface area contributed by atoms with Crippen LogP contribution in [0.4, 0.5) is 11.4 Å². The molecule has 2 aliphatic rings. The maximum atomic E-state index is 7.00. The summed E-state index contributed by atoms with van der Waals surface area (Å²) in [5, 5.41) is 4.98. The average Bonchev–Trinajstić information content (AvgIpc) is 3.53. The van der Waals surface area contributed by atoms with Gasteiger partial charge in [-0.25, -0.2) is 0 Å². The number of benzene rings is 2. The monoisotopic (exact) mass is 619 g/mol. The lowest BCUT2D eigenvalue weighted by Crippen LogP contribution is -2.38. The topological polar surface area (TPSA) is 36.3 Å². The molecule has 4 heterocycles. The lowest BCUT2D eigenvalue weighted by molar-refractivity contribution is 0.357. The smallest absolute Gasteiger partial charge is 0.174 e. The first-order valence-corrected chi connectivity index (χ1v) is 15.0. The van der Waals surface area contributed by atoms with Crippen molar-refractivity contribution in [3.8, 4) is 5.69 Å². The second-order valence-corrected chi connectivity index (χ2v) is 12.5. The predicted molar refractivity (Wildman–Crippen MR) is 168 cm³/mol. The normalized spacial score (nSPS) is 23.2. The fourth-order valence-electron chi connectivity index (χ4n) is 6.17. The molecule has 6 rings (SSSR count). The van der Waals surface area contributed by atoms with Crippen LogP contribution in [0.1, 0.15) is 43.7 Å². The zero-order chi connectivity index (χ0) is 27.1. The molecule has 2 aromatic heterocycles. The summed E-state index contributed by atoms with van der Waals surface area (Å²) in [6.07, 6.45) is 5.19. The molecule has 39 heavy (non-hydrogen) atoms. The summed E-state index contributed by atoms with van der Waals surface area (Å²) in [5.41, 5.74) is 5.19. The summed E-state index contributed by atoms with van der Waals surface area (Å²) in [4.78, 5) is 9.33. The van der Waals surface area contributed by atoms with Gasteiger partial charge >= 0.3 is 0 Å². The van der Waals surface area contributed by atoms with E-state index in [9.17, 15) is 0 Å². The third-order valence-corrected chi connectivity index (χ3v) is 8.85. The number of hydrogen-bond acceptors (Lipinski definition) is 3. The molecule has 0 amide bonds. The summed E-state index contributed by atoms with van der Waals surface area (Å²) in [7, 11) is 0. The molecule has 5 nitrogen and oxygen atoms in total. The molecule has 4 atom stereocenters. The molecule has 2 fully saturated rings. The van der Waals surface area contributed by atoms with Gasteiger partial charge in [-0.3, -0.25) is 4.98 Å². The highest BCUT2D eigenvalue weighted by Crippen LogP contribution is 2.44. The molecule has 2 saturated heterocycles. The maximum absolute atomic E-state index is 7.00. The van der Waals surface area contributed by atoms with Gasteiger partial charge in [-0.1, -0.05) is 47.4 Å². The van der Waals surface area contributed by atoms with Crippen molar-refractivity contribution in [2.75, 3.05) is 22.9 Å². The number of thiocarbonyl (C=S) groups is 1. The highest BCUT2D eigenvalue weighted by molar-refractivity contribution is 9.10. The van der Waals surface area contributed by atoms with E-state index in [1.165, 1.54) is 6.42 Å². The molecule has 2 aromatic carbocycles. The SMILES string of the molecule is C[C@@H]1C[C@H](C)CN(c2ccc(N3C(=S)N[C@H](c4ccccn4)[C@@H]3c3cccn3-c3ccc(Br)cc3)cc2Cl)C1. The largest absolute Gasteiger partial charge is 0.370 e. The minimum atomic E-state index is -0.136. The Balaban J connectivity index is 1.42. The minimum Gasteiger partial charge on any atom is -0.370 e. The van der Waals surface area contributed by atoms with Crippen LogP contribution in [0.25, 0.3) is 5.69 Å². The summed E-state index contributed by atoms with van der Waals surface area (Å²) in [6.45, 7) is 6.70. The third-order valence-electron chi connectivity index (χ3n) is 7.71. The summed E-state index contributed by atoms with van der Waals surface area (Å²) in [5.74, 6) is 1.30. The van der Waals surface area contributed by atoms with Crippen LogP contribution in [-0.4, -0.2) is 27.8 Å². The number of nitrogens with zero attached hydrogens (tertiary/aromatic N) is 4. The van der Waals surface area contributed by atoms with Gasteiger partial charge in [0.2, 0.25) is 0 Å². The van der Waals surface area contributed by atoms with Gasteiger partial charge in [0.25, 0.3) is 0 Å². The number of rotatable bonds is 5. The first kappa shape index (κ1) is 26.4. The van der Waals surface area contributed by atoms with Crippen molar-refractivity contribution in [2.24, 2.45) is 11.8 Å². The van der Waals surface area contributed by atoms with Gasteiger partial charge in [-0.15, -0.1) is 0 Å². The van der Waals surface area contributed by atoms with Crippen molar-refractivity contribution in [2.45, 2.75) is 32.4 Å². The Morgan fingerprint density at radius 2 is 1.69 bits per heavy atom. The Kier molecular flexibility index (Phi) is 7.40. The number of nitrogens with one attached hydrogen (secondary N) is 1. The number of hydrogen-bond donors (Lipinski definition) is 1. The Morgan fingerprint density at radius 1 is 0.949 bits per heavy atom. The molecule has 1 N–H and O–H groups in total. The molecule has 0 saturated carbocycles. The Bertz CT molecular complexity index is 1460. The molecule has 0 unspecified atom stereocenters. The summed E-state index contributed by atoms with van der Waals surface area (Å²) < 4.78 is 3.27. The number of pyridine rings is 1. The Hall–Kier alpha value is -2.87. The van der Waals surface area contributed by atoms with Crippen LogP contribution in [-0.2, 0) is 0 Å². The molecule has 8 heteroatoms. The van der Waals surface area contributed by atoms with Gasteiger partial charge in [-0.05, 0) is 97.2 Å². The fraction of sp³-hybridized carbons (Fsp3) is 0.290. The Morgan fingerprint density at radius 3 is 2.38 bits per heavy atom. The van der Waals surface area contributed by atoms with E-state index < -0.39 is 0 Å². The van der Waals surface area contributed by atoms with Crippen LogP contribution >= 0.6 is 39.7 Å². The van der Waals surface area contributed by atoms with Crippen molar-refractivity contribution in [1.29, 1.82) is 0 Å². The summed E-state index contributed by atoms with van der Waals surface area (Å²) >= 11 is 16.5. The van der Waals surface area contributed by atoms with Gasteiger partial charge < -0.3 is 19.7 Å². The van der Waals surface area contributed by atoms with Crippen LogP contribution in [0.15, 0.2) is 89.7 Å². The zero-order valence-electron chi connectivity index (χ0n) is 22.0. The number of piperidine rings is 1. The first-order chi connectivity index (χ1) is 18.9. The molecular formula is C31H31BrClN5S. The summed E-state index contributed by atoms with van der Waals surface area (Å²) in [6, 6.07) is 24.7. The van der Waals surface area contributed by atoms with E-state index in [0.29, 0.717) is 16.9 Å². The lowest BCUT2D eigenvalue weighted by atomic mass is 9.91. The zero-order valence-corrected chi connectivity index (χ0v) is 25.1. The van der Waals surface area contributed by atoms with Crippen LogP contribution in [0.3, 0.4) is 0 Å². The molecule has 4 aromatic rings. The van der Waals surface area contributed by atoms with E-state index in [1.807, 2.05) is 18.3 Å². The molecule has 2 aliphatic heterocycles. The second kappa shape index (κ2) is 11.0. The highest BCUT2D eigenvalue weighted by atomic mass is 79.9. The highest BCUT2D eigenvalue weighted by Gasteiger charge is 2.42. The van der Waals surface area contributed by atoms with Crippen LogP contribution < -0.4 is 15.1 Å². The van der Waals surface area contributed by atoms with Crippen LogP contribution in [0.5, 0.6) is 0 Å². The van der Waals surface area contributed by atoms with Gasteiger partial charge in [0.1, 0.15) is 6.04 Å².